The van der Waals surface area contributed by atoms with Gasteiger partial charge in [-0.05, 0) is 42.5 Å². The normalized spacial score (nSPS) is 10.0. The predicted octanol–water partition coefficient (Wildman–Crippen LogP) is 3.43. The second kappa shape index (κ2) is 8.50. The van der Waals surface area contributed by atoms with E-state index in [1.165, 1.54) is 17.2 Å². The molecule has 0 spiro atoms. The smallest absolute Gasteiger partial charge is 0.254 e. The number of nitrogens with one attached hydrogen (secondary N) is 1. The lowest BCUT2D eigenvalue weighted by molar-refractivity contribution is -0.117. The third-order valence-corrected chi connectivity index (χ3v) is 3.84. The van der Waals surface area contributed by atoms with Crippen LogP contribution in [-0.4, -0.2) is 23.3 Å². The molecule has 0 atom stereocenters. The van der Waals surface area contributed by atoms with Gasteiger partial charge in [0.2, 0.25) is 5.91 Å². The van der Waals surface area contributed by atoms with E-state index in [9.17, 15) is 9.59 Å². The molecular weight excluding hydrogens is 342 g/mol. The number of hydrogen-bond donors (Lipinski definition) is 1. The zero-order valence-electron chi connectivity index (χ0n) is 14.5. The lowest BCUT2D eigenvalue weighted by Gasteiger charge is -2.21. The average molecular weight is 359 g/mol. The first-order valence-corrected chi connectivity index (χ1v) is 8.32. The molecule has 0 aliphatic rings. The highest BCUT2D eigenvalue weighted by Crippen LogP contribution is 2.13. The number of amides is 2. The van der Waals surface area contributed by atoms with E-state index in [0.717, 1.165) is 0 Å². The quantitative estimate of drug-likeness (QED) is 0.730. The van der Waals surface area contributed by atoms with Gasteiger partial charge in [0.25, 0.3) is 5.91 Å². The van der Waals surface area contributed by atoms with E-state index in [1.807, 2.05) is 24.3 Å². The zero-order chi connectivity index (χ0) is 19.1. The molecule has 3 aromatic rings. The molecule has 0 fully saturated rings. The standard InChI is InChI=1S/C21H17N3O3/c22-13-16-6-4-7-17(12-16)21(26)24(14-19-10-5-11-27-19)15-20(25)23-18-8-2-1-3-9-18/h1-12H,14-15H2,(H,23,25). The molecular formula is C21H17N3O3. The van der Waals surface area contributed by atoms with Crippen LogP contribution in [0.15, 0.2) is 77.4 Å². The van der Waals surface area contributed by atoms with E-state index < -0.39 is 0 Å². The summed E-state index contributed by atoms with van der Waals surface area (Å²) in [6.07, 6.45) is 1.51. The Morgan fingerprint density at radius 2 is 1.85 bits per heavy atom. The summed E-state index contributed by atoms with van der Waals surface area (Å²) in [5, 5.41) is 11.8. The molecule has 27 heavy (non-hydrogen) atoms. The fraction of sp³-hybridized carbons (Fsp3) is 0.0952. The van der Waals surface area contributed by atoms with E-state index in [2.05, 4.69) is 5.32 Å². The molecule has 1 N–H and O–H groups in total. The topological polar surface area (TPSA) is 86.3 Å². The van der Waals surface area contributed by atoms with Crippen molar-refractivity contribution in [1.82, 2.24) is 4.90 Å². The van der Waals surface area contributed by atoms with Crippen molar-refractivity contribution in [2.75, 3.05) is 11.9 Å². The largest absolute Gasteiger partial charge is 0.467 e. The van der Waals surface area contributed by atoms with Crippen LogP contribution in [0.25, 0.3) is 0 Å². The first-order chi connectivity index (χ1) is 13.2. The Kier molecular flexibility index (Phi) is 5.65. The van der Waals surface area contributed by atoms with Crippen LogP contribution in [0.2, 0.25) is 0 Å². The number of benzene rings is 2. The molecule has 0 unspecified atom stereocenters. The Morgan fingerprint density at radius 1 is 1.04 bits per heavy atom. The van der Waals surface area contributed by atoms with Gasteiger partial charge in [-0.1, -0.05) is 24.3 Å². The Balaban J connectivity index is 1.78. The van der Waals surface area contributed by atoms with E-state index in [-0.39, 0.29) is 24.9 Å². The van der Waals surface area contributed by atoms with Crippen LogP contribution in [0.1, 0.15) is 21.7 Å². The number of furan rings is 1. The van der Waals surface area contributed by atoms with Crippen LogP contribution in [-0.2, 0) is 11.3 Å². The van der Waals surface area contributed by atoms with Crippen LogP contribution in [0.3, 0.4) is 0 Å². The van der Waals surface area contributed by atoms with Gasteiger partial charge in [-0.25, -0.2) is 0 Å². The Labute approximate surface area is 156 Å². The first-order valence-electron chi connectivity index (χ1n) is 8.32. The van der Waals surface area contributed by atoms with Gasteiger partial charge in [-0.3, -0.25) is 9.59 Å². The van der Waals surface area contributed by atoms with Gasteiger partial charge < -0.3 is 14.6 Å². The van der Waals surface area contributed by atoms with Gasteiger partial charge in [0.05, 0.1) is 24.4 Å². The third kappa shape index (κ3) is 4.83. The number of carbonyl (C=O) groups excluding carboxylic acids is 2. The molecule has 6 nitrogen and oxygen atoms in total. The van der Waals surface area contributed by atoms with E-state index in [0.29, 0.717) is 22.6 Å². The first kappa shape index (κ1) is 18.0. The van der Waals surface area contributed by atoms with Crippen molar-refractivity contribution in [3.8, 4) is 6.07 Å². The van der Waals surface area contributed by atoms with Crippen LogP contribution >= 0.6 is 0 Å². The molecule has 3 rings (SSSR count). The van der Waals surface area contributed by atoms with Crippen LogP contribution < -0.4 is 5.32 Å². The van der Waals surface area contributed by atoms with Crippen molar-refractivity contribution in [3.63, 3.8) is 0 Å². The molecule has 1 heterocycles. The number of carbonyl (C=O) groups is 2. The molecule has 2 amide bonds. The van der Waals surface area contributed by atoms with E-state index in [1.54, 1.807) is 42.5 Å². The molecule has 134 valence electrons. The lowest BCUT2D eigenvalue weighted by atomic mass is 10.1. The average Bonchev–Trinajstić information content (AvgIpc) is 3.21. The van der Waals surface area contributed by atoms with Crippen molar-refractivity contribution in [2.24, 2.45) is 0 Å². The summed E-state index contributed by atoms with van der Waals surface area (Å²) in [6, 6.07) is 20.9. The maximum absolute atomic E-state index is 12.9. The van der Waals surface area contributed by atoms with Gasteiger partial charge >= 0.3 is 0 Å². The Hall–Kier alpha value is -3.85. The number of nitriles is 1. The Bertz CT molecular complexity index is 960. The fourth-order valence-electron chi connectivity index (χ4n) is 2.59. The highest BCUT2D eigenvalue weighted by molar-refractivity contribution is 5.99. The summed E-state index contributed by atoms with van der Waals surface area (Å²) < 4.78 is 5.32. The second-order valence-corrected chi connectivity index (χ2v) is 5.85. The summed E-state index contributed by atoms with van der Waals surface area (Å²) in [6.45, 7) is -0.00394. The van der Waals surface area contributed by atoms with Gasteiger partial charge in [0.1, 0.15) is 12.3 Å². The summed E-state index contributed by atoms with van der Waals surface area (Å²) in [4.78, 5) is 26.7. The summed E-state index contributed by atoms with van der Waals surface area (Å²) in [5.74, 6) is -0.114. The van der Waals surface area contributed by atoms with Crippen molar-refractivity contribution in [2.45, 2.75) is 6.54 Å². The number of hydrogen-bond acceptors (Lipinski definition) is 4. The second-order valence-electron chi connectivity index (χ2n) is 5.85. The molecule has 0 saturated heterocycles. The third-order valence-electron chi connectivity index (χ3n) is 3.84. The van der Waals surface area contributed by atoms with Crippen LogP contribution in [0, 0.1) is 11.3 Å². The maximum atomic E-state index is 12.9. The molecule has 0 aliphatic carbocycles. The van der Waals surface area contributed by atoms with Crippen LogP contribution in [0.4, 0.5) is 5.69 Å². The van der Waals surface area contributed by atoms with Gasteiger partial charge in [0, 0.05) is 11.3 Å². The summed E-state index contributed by atoms with van der Waals surface area (Å²) >= 11 is 0. The minimum Gasteiger partial charge on any atom is -0.467 e. The summed E-state index contributed by atoms with van der Waals surface area (Å²) in [5.41, 5.74) is 1.38. The number of nitrogens with zero attached hydrogens (tertiary/aromatic N) is 2. The zero-order valence-corrected chi connectivity index (χ0v) is 14.5. The predicted molar refractivity (Wildman–Crippen MR) is 99.7 cm³/mol. The van der Waals surface area contributed by atoms with Crippen molar-refractivity contribution in [3.05, 3.63) is 89.9 Å². The molecule has 2 aromatic carbocycles. The monoisotopic (exact) mass is 359 g/mol. The maximum Gasteiger partial charge on any atom is 0.254 e. The molecule has 0 bridgehead atoms. The van der Waals surface area contributed by atoms with Gasteiger partial charge in [-0.15, -0.1) is 0 Å². The van der Waals surface area contributed by atoms with Crippen molar-refractivity contribution >= 4 is 17.5 Å². The van der Waals surface area contributed by atoms with E-state index >= 15 is 0 Å². The number of anilines is 1. The highest BCUT2D eigenvalue weighted by atomic mass is 16.3. The number of para-hydroxylation sites is 1. The molecule has 0 radical (unpaired) electrons. The van der Waals surface area contributed by atoms with Gasteiger partial charge in [0.15, 0.2) is 0 Å². The van der Waals surface area contributed by atoms with Crippen molar-refractivity contribution in [1.29, 1.82) is 5.26 Å². The molecule has 1 aromatic heterocycles. The van der Waals surface area contributed by atoms with Crippen molar-refractivity contribution < 1.29 is 14.0 Å². The van der Waals surface area contributed by atoms with E-state index in [4.69, 9.17) is 9.68 Å². The SMILES string of the molecule is N#Cc1cccc(C(=O)N(CC(=O)Nc2ccccc2)Cc2ccco2)c1. The minimum absolute atomic E-state index is 0.144. The highest BCUT2D eigenvalue weighted by Gasteiger charge is 2.20. The lowest BCUT2D eigenvalue weighted by Crippen LogP contribution is -2.37. The Morgan fingerprint density at radius 3 is 2.56 bits per heavy atom. The molecule has 0 aliphatic heterocycles. The number of rotatable bonds is 6. The van der Waals surface area contributed by atoms with Crippen LogP contribution in [0.5, 0.6) is 0 Å². The molecule has 6 heteroatoms. The fourth-order valence-corrected chi connectivity index (χ4v) is 2.59. The minimum atomic E-state index is -0.355. The molecule has 0 saturated carbocycles. The summed E-state index contributed by atoms with van der Waals surface area (Å²) in [7, 11) is 0. The van der Waals surface area contributed by atoms with Gasteiger partial charge in [-0.2, -0.15) is 5.26 Å².